The average molecular weight is 497 g/mol. The van der Waals surface area contributed by atoms with E-state index in [2.05, 4.69) is 38.1 Å². The summed E-state index contributed by atoms with van der Waals surface area (Å²) in [4.78, 5) is 0. The lowest BCUT2D eigenvalue weighted by atomic mass is 9.77. The Balaban J connectivity index is 1.21. The fourth-order valence-electron chi connectivity index (χ4n) is 6.35. The van der Waals surface area contributed by atoms with E-state index in [1.165, 1.54) is 75.3 Å². The number of rotatable bonds is 11. The number of benzene rings is 2. The number of halogens is 2. The lowest BCUT2D eigenvalue weighted by Crippen LogP contribution is -2.20. The molecule has 0 atom stereocenters. The summed E-state index contributed by atoms with van der Waals surface area (Å²) in [6, 6.07) is 15.5. The maximum Gasteiger partial charge on any atom is 0.383 e. The molecular formula is C33H46F2O. The molecule has 1 nitrogen and oxygen atoms in total. The van der Waals surface area contributed by atoms with Gasteiger partial charge in [0.15, 0.2) is 0 Å². The van der Waals surface area contributed by atoms with E-state index >= 15 is 0 Å². The first-order valence-corrected chi connectivity index (χ1v) is 14.7. The van der Waals surface area contributed by atoms with E-state index in [0.717, 1.165) is 30.2 Å². The summed E-state index contributed by atoms with van der Waals surface area (Å²) in [5.41, 5.74) is 3.61. The Morgan fingerprint density at radius 2 is 1.31 bits per heavy atom. The summed E-state index contributed by atoms with van der Waals surface area (Å²) >= 11 is 0. The maximum atomic E-state index is 14.7. The van der Waals surface area contributed by atoms with E-state index < -0.39 is 6.11 Å². The Morgan fingerprint density at radius 3 is 1.89 bits per heavy atom. The maximum absolute atomic E-state index is 14.7. The Kier molecular flexibility index (Phi) is 9.99. The van der Waals surface area contributed by atoms with Crippen LogP contribution < -0.4 is 0 Å². The molecular weight excluding hydrogens is 450 g/mol. The Hall–Kier alpha value is -1.74. The van der Waals surface area contributed by atoms with E-state index in [9.17, 15) is 8.78 Å². The first-order valence-electron chi connectivity index (χ1n) is 14.7. The molecule has 198 valence electrons. The summed E-state index contributed by atoms with van der Waals surface area (Å²) in [6.45, 7) is 4.58. The van der Waals surface area contributed by atoms with Crippen molar-refractivity contribution < 1.29 is 13.5 Å². The van der Waals surface area contributed by atoms with E-state index in [0.29, 0.717) is 18.3 Å². The van der Waals surface area contributed by atoms with Gasteiger partial charge < -0.3 is 4.74 Å². The van der Waals surface area contributed by atoms with Crippen LogP contribution in [0.1, 0.15) is 125 Å². The third-order valence-corrected chi connectivity index (χ3v) is 8.92. The van der Waals surface area contributed by atoms with E-state index in [1.54, 1.807) is 12.1 Å². The van der Waals surface area contributed by atoms with Crippen LogP contribution in [0.3, 0.4) is 0 Å². The minimum atomic E-state index is -3.25. The molecule has 2 aromatic rings. The Morgan fingerprint density at radius 1 is 0.750 bits per heavy atom. The monoisotopic (exact) mass is 496 g/mol. The Bertz CT molecular complexity index is 888. The van der Waals surface area contributed by atoms with Crippen molar-refractivity contribution in [2.24, 2.45) is 11.8 Å². The van der Waals surface area contributed by atoms with Gasteiger partial charge in [0, 0.05) is 0 Å². The lowest BCUT2D eigenvalue weighted by molar-refractivity contribution is -0.248. The van der Waals surface area contributed by atoms with Crippen molar-refractivity contribution in [2.75, 3.05) is 6.61 Å². The number of hydrogen-bond acceptors (Lipinski definition) is 1. The minimum Gasteiger partial charge on any atom is -0.316 e. The summed E-state index contributed by atoms with van der Waals surface area (Å²) in [5, 5.41) is 0. The van der Waals surface area contributed by atoms with Gasteiger partial charge in [-0.2, -0.15) is 8.78 Å². The number of ether oxygens (including phenoxy) is 1. The second-order valence-corrected chi connectivity index (χ2v) is 11.6. The summed E-state index contributed by atoms with van der Waals surface area (Å²) in [6.07, 6.45) is 12.7. The molecule has 0 aliphatic heterocycles. The van der Waals surface area contributed by atoms with Gasteiger partial charge >= 0.3 is 6.11 Å². The highest BCUT2D eigenvalue weighted by atomic mass is 19.3. The van der Waals surface area contributed by atoms with Crippen molar-refractivity contribution in [3.8, 4) is 0 Å². The van der Waals surface area contributed by atoms with Gasteiger partial charge in [0.05, 0.1) is 12.2 Å². The molecule has 0 unspecified atom stereocenters. The molecule has 3 heteroatoms. The second-order valence-electron chi connectivity index (χ2n) is 11.6. The SMILES string of the molecule is CCCCC[C@H]1CC[C@H](c2ccc(CCOC(F)(F)c3ccc([C@H]4CC[C@H](C)CC4)cc3)cc2)CC1. The van der Waals surface area contributed by atoms with Crippen LogP contribution in [-0.4, -0.2) is 6.61 Å². The van der Waals surface area contributed by atoms with Gasteiger partial charge in [-0.3, -0.25) is 0 Å². The number of hydrogen-bond donors (Lipinski definition) is 0. The third kappa shape index (κ3) is 7.63. The average Bonchev–Trinajstić information content (AvgIpc) is 2.90. The van der Waals surface area contributed by atoms with Crippen molar-refractivity contribution in [1.82, 2.24) is 0 Å². The van der Waals surface area contributed by atoms with Crippen LogP contribution in [-0.2, 0) is 17.3 Å². The van der Waals surface area contributed by atoms with Gasteiger partial charge in [0.1, 0.15) is 0 Å². The molecule has 0 aromatic heterocycles. The van der Waals surface area contributed by atoms with E-state index in [-0.39, 0.29) is 12.2 Å². The first-order chi connectivity index (χ1) is 17.4. The first kappa shape index (κ1) is 27.3. The minimum absolute atomic E-state index is 0.0114. The molecule has 0 heterocycles. The highest BCUT2D eigenvalue weighted by Gasteiger charge is 2.33. The predicted octanol–water partition coefficient (Wildman–Crippen LogP) is 10.1. The predicted molar refractivity (Wildman–Crippen MR) is 146 cm³/mol. The van der Waals surface area contributed by atoms with Crippen LogP contribution >= 0.6 is 0 Å². The summed E-state index contributed by atoms with van der Waals surface area (Å²) < 4.78 is 34.5. The van der Waals surface area contributed by atoms with Gasteiger partial charge in [-0.1, -0.05) is 101 Å². The van der Waals surface area contributed by atoms with Crippen LogP contribution in [0, 0.1) is 11.8 Å². The molecule has 0 bridgehead atoms. The van der Waals surface area contributed by atoms with Crippen LogP contribution in [0.5, 0.6) is 0 Å². The van der Waals surface area contributed by atoms with Crippen molar-refractivity contribution in [1.29, 1.82) is 0 Å². The lowest BCUT2D eigenvalue weighted by Gasteiger charge is -2.29. The van der Waals surface area contributed by atoms with Crippen molar-refractivity contribution in [3.63, 3.8) is 0 Å². The van der Waals surface area contributed by atoms with Crippen molar-refractivity contribution in [2.45, 2.75) is 115 Å². The van der Waals surface area contributed by atoms with Crippen LogP contribution in [0.25, 0.3) is 0 Å². The molecule has 0 amide bonds. The molecule has 36 heavy (non-hydrogen) atoms. The van der Waals surface area contributed by atoms with Crippen LogP contribution in [0.15, 0.2) is 48.5 Å². The smallest absolute Gasteiger partial charge is 0.316 e. The zero-order chi connectivity index (χ0) is 25.4. The molecule has 0 spiro atoms. The number of unbranched alkanes of at least 4 members (excludes halogenated alkanes) is 2. The van der Waals surface area contributed by atoms with Gasteiger partial charge in [0.25, 0.3) is 0 Å². The molecule has 2 aliphatic rings. The van der Waals surface area contributed by atoms with Crippen LogP contribution in [0.4, 0.5) is 8.78 Å². The van der Waals surface area contributed by atoms with E-state index in [1.807, 2.05) is 12.1 Å². The second kappa shape index (κ2) is 13.2. The summed E-state index contributed by atoms with van der Waals surface area (Å²) in [7, 11) is 0. The molecule has 2 fully saturated rings. The van der Waals surface area contributed by atoms with Crippen molar-refractivity contribution >= 4 is 0 Å². The largest absolute Gasteiger partial charge is 0.383 e. The Labute approximate surface area is 218 Å². The molecule has 2 aliphatic carbocycles. The van der Waals surface area contributed by atoms with Gasteiger partial charge in [-0.15, -0.1) is 0 Å². The molecule has 0 radical (unpaired) electrons. The highest BCUT2D eigenvalue weighted by molar-refractivity contribution is 5.28. The summed E-state index contributed by atoms with van der Waals surface area (Å²) in [5.74, 6) is 2.86. The van der Waals surface area contributed by atoms with Gasteiger partial charge in [-0.05, 0) is 85.3 Å². The van der Waals surface area contributed by atoms with Crippen molar-refractivity contribution in [3.05, 3.63) is 70.8 Å². The standard InChI is InChI=1S/C33H46F2O/c1-3-4-5-6-26-9-15-29(16-10-26)30-17-11-27(12-18-30)23-24-36-33(34,35)32-21-19-31(20-22-32)28-13-7-25(2)8-14-28/h11-12,17-22,25-26,28-29H,3-10,13-16,23-24H2,1-2H3/t25-,26-,28-,29-. The normalized spacial score (nSPS) is 25.1. The van der Waals surface area contributed by atoms with Gasteiger partial charge in [-0.25, -0.2) is 0 Å². The molecule has 0 saturated heterocycles. The fraction of sp³-hybridized carbons (Fsp3) is 0.636. The fourth-order valence-corrected chi connectivity index (χ4v) is 6.35. The van der Waals surface area contributed by atoms with Crippen LogP contribution in [0.2, 0.25) is 0 Å². The number of alkyl halides is 2. The highest BCUT2D eigenvalue weighted by Crippen LogP contribution is 2.39. The zero-order valence-corrected chi connectivity index (χ0v) is 22.5. The quantitative estimate of drug-likeness (QED) is 0.281. The molecule has 2 aromatic carbocycles. The van der Waals surface area contributed by atoms with E-state index in [4.69, 9.17) is 4.74 Å². The zero-order valence-electron chi connectivity index (χ0n) is 22.5. The third-order valence-electron chi connectivity index (χ3n) is 8.92. The molecule has 0 N–H and O–H groups in total. The molecule has 4 rings (SSSR count). The molecule has 2 saturated carbocycles. The topological polar surface area (TPSA) is 9.23 Å². The van der Waals surface area contributed by atoms with Gasteiger partial charge in [0.2, 0.25) is 0 Å².